The van der Waals surface area contributed by atoms with Gasteiger partial charge in [-0.25, -0.2) is 0 Å². The highest BCUT2D eigenvalue weighted by atomic mass is 32.1. The molecule has 3 heteroatoms. The number of hydrogen-bond acceptors (Lipinski definition) is 3. The average Bonchev–Trinajstić information content (AvgIpc) is 2.94. The summed E-state index contributed by atoms with van der Waals surface area (Å²) in [5, 5.41) is 0. The van der Waals surface area contributed by atoms with E-state index < -0.39 is 0 Å². The first kappa shape index (κ1) is 19.4. The third-order valence-corrected chi connectivity index (χ3v) is 6.21. The van der Waals surface area contributed by atoms with Gasteiger partial charge in [0.15, 0.2) is 5.78 Å². The molecule has 1 aromatic heterocycles. The van der Waals surface area contributed by atoms with E-state index >= 15 is 0 Å². The van der Waals surface area contributed by atoms with Crippen LogP contribution in [0.4, 0.5) is 0 Å². The van der Waals surface area contributed by atoms with Gasteiger partial charge in [0.2, 0.25) is 0 Å². The molecule has 0 aliphatic carbocycles. The molecule has 0 saturated carbocycles. The van der Waals surface area contributed by atoms with Gasteiger partial charge in [-0.1, -0.05) is 44.2 Å². The molecule has 0 atom stereocenters. The fourth-order valence-corrected chi connectivity index (χ4v) is 4.58. The van der Waals surface area contributed by atoms with Crippen LogP contribution in [0.1, 0.15) is 62.1 Å². The van der Waals surface area contributed by atoms with Crippen molar-refractivity contribution in [2.45, 2.75) is 40.0 Å². The van der Waals surface area contributed by atoms with Crippen LogP contribution in [0.5, 0.6) is 5.75 Å². The van der Waals surface area contributed by atoms with Gasteiger partial charge in [0.25, 0.3) is 0 Å². The smallest absolute Gasteiger partial charge is 0.194 e. The van der Waals surface area contributed by atoms with Crippen molar-refractivity contribution in [2.75, 3.05) is 7.11 Å². The quantitative estimate of drug-likeness (QED) is 0.469. The first-order valence-corrected chi connectivity index (χ1v) is 10.1. The number of ether oxygens (including phenoxy) is 1. The van der Waals surface area contributed by atoms with Gasteiger partial charge in [0.05, 0.1) is 7.11 Å². The summed E-state index contributed by atoms with van der Waals surface area (Å²) in [6.07, 6.45) is 0.786. The maximum absolute atomic E-state index is 13.4. The summed E-state index contributed by atoms with van der Waals surface area (Å²) in [7, 11) is 1.67. The molecule has 3 aromatic rings. The third kappa shape index (κ3) is 3.98. The number of benzene rings is 2. The van der Waals surface area contributed by atoms with Crippen LogP contribution in [0.2, 0.25) is 0 Å². The minimum absolute atomic E-state index is 0.104. The molecule has 0 fully saturated rings. The van der Waals surface area contributed by atoms with Gasteiger partial charge in [-0.15, -0.1) is 11.3 Å². The average molecular weight is 379 g/mol. The van der Waals surface area contributed by atoms with E-state index in [1.54, 1.807) is 18.4 Å². The van der Waals surface area contributed by atoms with Crippen LogP contribution in [0, 0.1) is 13.8 Å². The number of rotatable bonds is 6. The summed E-state index contributed by atoms with van der Waals surface area (Å²) in [5.74, 6) is 1.23. The first-order valence-electron chi connectivity index (χ1n) is 9.27. The molecule has 2 aromatic carbocycles. The fraction of sp³-hybridized carbons (Fsp3) is 0.292. The number of carbonyl (C=O) groups excluding carboxylic acids is 1. The monoisotopic (exact) mass is 378 g/mol. The maximum Gasteiger partial charge on any atom is 0.194 e. The zero-order valence-electron chi connectivity index (χ0n) is 16.6. The van der Waals surface area contributed by atoms with E-state index in [-0.39, 0.29) is 5.78 Å². The van der Waals surface area contributed by atoms with Gasteiger partial charge in [-0.2, -0.15) is 0 Å². The van der Waals surface area contributed by atoms with Crippen molar-refractivity contribution < 1.29 is 9.53 Å². The van der Waals surface area contributed by atoms with Gasteiger partial charge < -0.3 is 4.74 Å². The molecule has 0 bridgehead atoms. The lowest BCUT2D eigenvalue weighted by Crippen LogP contribution is -2.07. The Labute approximate surface area is 165 Å². The summed E-state index contributed by atoms with van der Waals surface area (Å²) < 4.78 is 5.47. The highest BCUT2D eigenvalue weighted by Gasteiger charge is 2.22. The van der Waals surface area contributed by atoms with Crippen molar-refractivity contribution in [1.82, 2.24) is 0 Å². The number of ketones is 1. The van der Waals surface area contributed by atoms with E-state index in [1.807, 2.05) is 36.4 Å². The molecule has 0 saturated heterocycles. The lowest BCUT2D eigenvalue weighted by molar-refractivity contribution is 0.103. The second kappa shape index (κ2) is 8.10. The molecule has 27 heavy (non-hydrogen) atoms. The molecule has 1 heterocycles. The van der Waals surface area contributed by atoms with Gasteiger partial charge in [-0.05, 0) is 54.7 Å². The summed E-state index contributed by atoms with van der Waals surface area (Å²) in [4.78, 5) is 15.8. The predicted molar refractivity (Wildman–Crippen MR) is 114 cm³/mol. The second-order valence-electron chi connectivity index (χ2n) is 7.18. The summed E-state index contributed by atoms with van der Waals surface area (Å²) in [6, 6.07) is 16.1. The van der Waals surface area contributed by atoms with Crippen molar-refractivity contribution in [3.8, 4) is 5.75 Å². The normalized spacial score (nSPS) is 11.0. The van der Waals surface area contributed by atoms with Crippen molar-refractivity contribution >= 4 is 17.1 Å². The lowest BCUT2D eigenvalue weighted by Gasteiger charge is -2.14. The molecular weight excluding hydrogens is 352 g/mol. The maximum atomic E-state index is 13.4. The molecule has 0 radical (unpaired) electrons. The van der Waals surface area contributed by atoms with Crippen molar-refractivity contribution in [3.05, 3.63) is 86.1 Å². The standard InChI is InChI=1S/C24H26O2S/c1-15(2)20-14-19(11-12-21(20)26-5)24(25)23-16(3)17(4)27-22(23)13-18-9-7-6-8-10-18/h6-12,14-15H,13H2,1-5H3. The molecule has 0 aliphatic rings. The predicted octanol–water partition coefficient (Wildman–Crippen LogP) is 6.32. The van der Waals surface area contributed by atoms with E-state index in [0.29, 0.717) is 5.92 Å². The van der Waals surface area contributed by atoms with E-state index in [4.69, 9.17) is 4.74 Å². The Hall–Kier alpha value is -2.39. The largest absolute Gasteiger partial charge is 0.496 e. The van der Waals surface area contributed by atoms with E-state index in [2.05, 4.69) is 39.8 Å². The third-order valence-electron chi connectivity index (χ3n) is 5.01. The van der Waals surface area contributed by atoms with Crippen molar-refractivity contribution in [1.29, 1.82) is 0 Å². The molecule has 3 rings (SSSR count). The molecule has 0 spiro atoms. The topological polar surface area (TPSA) is 26.3 Å². The Morgan fingerprint density at radius 3 is 2.41 bits per heavy atom. The van der Waals surface area contributed by atoms with Gasteiger partial charge in [0, 0.05) is 27.3 Å². The fourth-order valence-electron chi connectivity index (χ4n) is 3.37. The summed E-state index contributed by atoms with van der Waals surface area (Å²) in [6.45, 7) is 8.39. The molecular formula is C24H26O2S. The number of hydrogen-bond donors (Lipinski definition) is 0. The van der Waals surface area contributed by atoms with Crippen molar-refractivity contribution in [2.24, 2.45) is 0 Å². The first-order chi connectivity index (χ1) is 12.9. The molecule has 140 valence electrons. The molecule has 0 unspecified atom stereocenters. The van der Waals surface area contributed by atoms with Crippen LogP contribution in [-0.2, 0) is 6.42 Å². The SMILES string of the molecule is COc1ccc(C(=O)c2c(Cc3ccccc3)sc(C)c2C)cc1C(C)C. The molecule has 0 aliphatic heterocycles. The Morgan fingerprint density at radius 2 is 1.78 bits per heavy atom. The molecule has 2 nitrogen and oxygen atoms in total. The van der Waals surface area contributed by atoms with Gasteiger partial charge in [-0.3, -0.25) is 4.79 Å². The summed E-state index contributed by atoms with van der Waals surface area (Å²) >= 11 is 1.73. The Balaban J connectivity index is 2.03. The summed E-state index contributed by atoms with van der Waals surface area (Å²) in [5.41, 5.74) is 4.98. The number of thiophene rings is 1. The minimum Gasteiger partial charge on any atom is -0.496 e. The second-order valence-corrected chi connectivity index (χ2v) is 8.49. The van der Waals surface area contributed by atoms with E-state index in [0.717, 1.165) is 39.3 Å². The Morgan fingerprint density at radius 1 is 1.07 bits per heavy atom. The van der Waals surface area contributed by atoms with E-state index in [9.17, 15) is 4.79 Å². The van der Waals surface area contributed by atoms with Gasteiger partial charge >= 0.3 is 0 Å². The van der Waals surface area contributed by atoms with Crippen LogP contribution in [0.3, 0.4) is 0 Å². The Kier molecular flexibility index (Phi) is 5.81. The van der Waals surface area contributed by atoms with Crippen LogP contribution in [0.25, 0.3) is 0 Å². The van der Waals surface area contributed by atoms with E-state index in [1.165, 1.54) is 10.4 Å². The van der Waals surface area contributed by atoms with Crippen LogP contribution < -0.4 is 4.74 Å². The number of methoxy groups -OCH3 is 1. The highest BCUT2D eigenvalue weighted by molar-refractivity contribution is 7.12. The number of aryl methyl sites for hydroxylation is 1. The zero-order chi connectivity index (χ0) is 19.6. The Bertz CT molecular complexity index is 952. The van der Waals surface area contributed by atoms with Gasteiger partial charge in [0.1, 0.15) is 5.75 Å². The lowest BCUT2D eigenvalue weighted by atomic mass is 9.93. The van der Waals surface area contributed by atoms with Crippen LogP contribution in [-0.4, -0.2) is 12.9 Å². The van der Waals surface area contributed by atoms with Crippen LogP contribution in [0.15, 0.2) is 48.5 Å². The van der Waals surface area contributed by atoms with Crippen molar-refractivity contribution in [3.63, 3.8) is 0 Å². The highest BCUT2D eigenvalue weighted by Crippen LogP contribution is 2.33. The minimum atomic E-state index is 0.104. The molecule has 0 amide bonds. The van der Waals surface area contributed by atoms with Crippen LogP contribution >= 0.6 is 11.3 Å². The molecule has 0 N–H and O–H groups in total. The zero-order valence-corrected chi connectivity index (χ0v) is 17.4. The number of carbonyl (C=O) groups is 1.